The minimum absolute atomic E-state index is 0.00636. The van der Waals surface area contributed by atoms with Crippen molar-refractivity contribution in [1.82, 2.24) is 4.57 Å². The van der Waals surface area contributed by atoms with Gasteiger partial charge in [-0.15, -0.1) is 0 Å². The number of para-hydroxylation sites is 1. The van der Waals surface area contributed by atoms with Crippen LogP contribution in [0.15, 0.2) is 40.2 Å². The van der Waals surface area contributed by atoms with E-state index in [-0.39, 0.29) is 21.8 Å². The highest BCUT2D eigenvalue weighted by Crippen LogP contribution is 2.36. The summed E-state index contributed by atoms with van der Waals surface area (Å²) in [6.45, 7) is 0. The second kappa shape index (κ2) is 5.71. The van der Waals surface area contributed by atoms with Crippen LogP contribution in [0, 0.1) is 0 Å². The molecule has 0 aliphatic carbocycles. The van der Waals surface area contributed by atoms with Crippen LogP contribution in [-0.4, -0.2) is 20.1 Å². The summed E-state index contributed by atoms with van der Waals surface area (Å²) in [5.41, 5.74) is 0.202. The van der Waals surface area contributed by atoms with Gasteiger partial charge in [0.25, 0.3) is 14.6 Å². The van der Waals surface area contributed by atoms with Crippen LogP contribution < -0.4 is 10.3 Å². The van der Waals surface area contributed by atoms with Gasteiger partial charge in [-0.3, -0.25) is 4.79 Å². The fraction of sp³-hybridized carbons (Fsp3) is 0.154. The first-order valence-electron chi connectivity index (χ1n) is 5.74. The van der Waals surface area contributed by atoms with Crippen LogP contribution in [0.4, 0.5) is 0 Å². The SMILES string of the molecule is COc1c(-c2cc(Cl)cn(C)c2=O)cccc1S(=O)(=O)Cl. The zero-order chi connectivity index (χ0) is 15.8. The lowest BCUT2D eigenvalue weighted by molar-refractivity contribution is 0.405. The second-order valence-corrected chi connectivity index (χ2v) is 7.23. The van der Waals surface area contributed by atoms with Gasteiger partial charge in [0, 0.05) is 29.5 Å². The van der Waals surface area contributed by atoms with Gasteiger partial charge in [0.15, 0.2) is 0 Å². The quantitative estimate of drug-likeness (QED) is 0.800. The molecule has 8 heteroatoms. The van der Waals surface area contributed by atoms with Crippen molar-refractivity contribution in [3.8, 4) is 16.9 Å². The molecule has 1 aromatic heterocycles. The summed E-state index contributed by atoms with van der Waals surface area (Å²) in [7, 11) is 4.24. The monoisotopic (exact) mass is 347 g/mol. The van der Waals surface area contributed by atoms with Crippen molar-refractivity contribution in [1.29, 1.82) is 0 Å². The van der Waals surface area contributed by atoms with Crippen molar-refractivity contribution < 1.29 is 13.2 Å². The number of halogens is 2. The Morgan fingerprint density at radius 3 is 2.48 bits per heavy atom. The normalized spacial score (nSPS) is 11.4. The zero-order valence-electron chi connectivity index (χ0n) is 11.1. The molecule has 112 valence electrons. The van der Waals surface area contributed by atoms with Crippen molar-refractivity contribution in [2.45, 2.75) is 4.90 Å². The van der Waals surface area contributed by atoms with E-state index in [9.17, 15) is 13.2 Å². The van der Waals surface area contributed by atoms with E-state index in [0.29, 0.717) is 10.6 Å². The fourth-order valence-corrected chi connectivity index (χ4v) is 3.27. The van der Waals surface area contributed by atoms with E-state index in [4.69, 9.17) is 27.0 Å². The third-order valence-corrected chi connectivity index (χ3v) is 4.44. The van der Waals surface area contributed by atoms with Gasteiger partial charge in [0.2, 0.25) is 0 Å². The number of aromatic nitrogens is 1. The van der Waals surface area contributed by atoms with E-state index >= 15 is 0 Å². The number of rotatable bonds is 3. The van der Waals surface area contributed by atoms with Gasteiger partial charge < -0.3 is 9.30 Å². The summed E-state index contributed by atoms with van der Waals surface area (Å²) in [5, 5.41) is 0.341. The summed E-state index contributed by atoms with van der Waals surface area (Å²) < 4.78 is 29.6. The molecule has 0 saturated carbocycles. The number of benzene rings is 1. The van der Waals surface area contributed by atoms with E-state index in [1.165, 1.54) is 36.1 Å². The lowest BCUT2D eigenvalue weighted by Gasteiger charge is -2.12. The van der Waals surface area contributed by atoms with Gasteiger partial charge in [-0.05, 0) is 12.1 Å². The molecule has 0 spiro atoms. The Balaban J connectivity index is 2.86. The molecule has 0 radical (unpaired) electrons. The Hall–Kier alpha value is -1.50. The summed E-state index contributed by atoms with van der Waals surface area (Å²) in [5.74, 6) is 0.00636. The topological polar surface area (TPSA) is 65.4 Å². The van der Waals surface area contributed by atoms with Gasteiger partial charge in [-0.1, -0.05) is 23.7 Å². The maximum absolute atomic E-state index is 12.2. The summed E-state index contributed by atoms with van der Waals surface area (Å²) in [6, 6.07) is 5.80. The molecule has 0 aliphatic heterocycles. The number of methoxy groups -OCH3 is 1. The highest BCUT2D eigenvalue weighted by molar-refractivity contribution is 8.13. The number of pyridine rings is 1. The number of nitrogens with zero attached hydrogens (tertiary/aromatic N) is 1. The predicted octanol–water partition coefficient (Wildman–Crippen LogP) is 2.64. The van der Waals surface area contributed by atoms with Crippen LogP contribution in [-0.2, 0) is 16.1 Å². The molecule has 0 amide bonds. The molecule has 0 saturated heterocycles. The Bertz CT molecular complexity index is 859. The molecule has 2 aromatic rings. The summed E-state index contributed by atoms with van der Waals surface area (Å²) in [6.07, 6.45) is 1.46. The predicted molar refractivity (Wildman–Crippen MR) is 81.7 cm³/mol. The number of aryl methyl sites for hydroxylation is 1. The fourth-order valence-electron chi connectivity index (χ4n) is 1.99. The molecule has 1 heterocycles. The molecule has 5 nitrogen and oxygen atoms in total. The van der Waals surface area contributed by atoms with E-state index in [1.807, 2.05) is 0 Å². The largest absolute Gasteiger partial charge is 0.495 e. The Morgan fingerprint density at radius 1 is 1.24 bits per heavy atom. The van der Waals surface area contributed by atoms with Crippen LogP contribution in [0.3, 0.4) is 0 Å². The first-order chi connectivity index (χ1) is 9.75. The Morgan fingerprint density at radius 2 is 1.90 bits per heavy atom. The molecular formula is C13H11Cl2NO4S. The third-order valence-electron chi connectivity index (χ3n) is 2.89. The van der Waals surface area contributed by atoms with E-state index < -0.39 is 9.05 Å². The lowest BCUT2D eigenvalue weighted by Crippen LogP contribution is -2.18. The van der Waals surface area contributed by atoms with Crippen molar-refractivity contribution in [2.24, 2.45) is 7.05 Å². The van der Waals surface area contributed by atoms with Gasteiger partial charge in [0.05, 0.1) is 17.7 Å². The Kier molecular flexibility index (Phi) is 4.32. The molecule has 0 aliphatic rings. The standard InChI is InChI=1S/C13H11Cl2NO4S/c1-16-7-8(14)6-10(13(16)17)9-4-3-5-11(12(9)20-2)21(15,18)19/h3-7H,1-2H3. The number of hydrogen-bond donors (Lipinski definition) is 0. The molecule has 0 bridgehead atoms. The summed E-state index contributed by atoms with van der Waals surface area (Å²) >= 11 is 5.95. The van der Waals surface area contributed by atoms with Crippen molar-refractivity contribution in [2.75, 3.05) is 7.11 Å². The summed E-state index contributed by atoms with van der Waals surface area (Å²) in [4.78, 5) is 12.0. The first-order valence-corrected chi connectivity index (χ1v) is 8.42. The molecule has 0 unspecified atom stereocenters. The van der Waals surface area contributed by atoms with E-state index in [1.54, 1.807) is 13.1 Å². The zero-order valence-corrected chi connectivity index (χ0v) is 13.5. The molecule has 0 fully saturated rings. The molecule has 0 N–H and O–H groups in total. The maximum atomic E-state index is 12.2. The van der Waals surface area contributed by atoms with Gasteiger partial charge in [0.1, 0.15) is 10.6 Å². The first kappa shape index (κ1) is 15.9. The molecule has 2 rings (SSSR count). The maximum Gasteiger partial charge on any atom is 0.265 e. The molecular weight excluding hydrogens is 337 g/mol. The number of ether oxygens (including phenoxy) is 1. The van der Waals surface area contributed by atoms with Gasteiger partial charge in [-0.25, -0.2) is 8.42 Å². The van der Waals surface area contributed by atoms with Crippen LogP contribution in [0.5, 0.6) is 5.75 Å². The minimum atomic E-state index is -4.00. The second-order valence-electron chi connectivity index (χ2n) is 4.26. The average Bonchev–Trinajstić information content (AvgIpc) is 2.41. The lowest BCUT2D eigenvalue weighted by atomic mass is 10.1. The van der Waals surface area contributed by atoms with E-state index in [0.717, 1.165) is 0 Å². The van der Waals surface area contributed by atoms with Crippen LogP contribution in [0.1, 0.15) is 0 Å². The third kappa shape index (κ3) is 3.07. The highest BCUT2D eigenvalue weighted by atomic mass is 35.7. The number of hydrogen-bond acceptors (Lipinski definition) is 4. The van der Waals surface area contributed by atoms with Gasteiger partial charge in [-0.2, -0.15) is 0 Å². The van der Waals surface area contributed by atoms with E-state index in [2.05, 4.69) is 0 Å². The Labute approximate surface area is 131 Å². The highest BCUT2D eigenvalue weighted by Gasteiger charge is 2.21. The van der Waals surface area contributed by atoms with Crippen molar-refractivity contribution in [3.05, 3.63) is 45.8 Å². The average molecular weight is 348 g/mol. The van der Waals surface area contributed by atoms with Crippen molar-refractivity contribution >= 4 is 31.3 Å². The van der Waals surface area contributed by atoms with Crippen LogP contribution >= 0.6 is 22.3 Å². The molecule has 21 heavy (non-hydrogen) atoms. The molecule has 0 atom stereocenters. The van der Waals surface area contributed by atoms with Crippen molar-refractivity contribution in [3.63, 3.8) is 0 Å². The smallest absolute Gasteiger partial charge is 0.265 e. The van der Waals surface area contributed by atoms with Crippen LogP contribution in [0.2, 0.25) is 5.02 Å². The van der Waals surface area contributed by atoms with Gasteiger partial charge >= 0.3 is 0 Å². The minimum Gasteiger partial charge on any atom is -0.495 e. The van der Waals surface area contributed by atoms with Crippen LogP contribution in [0.25, 0.3) is 11.1 Å². The molecule has 1 aromatic carbocycles.